The molecule has 66 valence electrons. The Bertz CT molecular complexity index is 121. The van der Waals surface area contributed by atoms with Crippen LogP contribution in [0.5, 0.6) is 0 Å². The van der Waals surface area contributed by atoms with Crippen LogP contribution in [0.1, 0.15) is 40.0 Å². The Morgan fingerprint density at radius 2 is 1.64 bits per heavy atom. The van der Waals surface area contributed by atoms with Gasteiger partial charge in [0.15, 0.2) is 0 Å². The zero-order valence-corrected chi connectivity index (χ0v) is 8.43. The van der Waals surface area contributed by atoms with Crippen LogP contribution in [-0.4, -0.2) is 30.2 Å². The van der Waals surface area contributed by atoms with Crippen molar-refractivity contribution in [3.63, 3.8) is 0 Å². The predicted molar refractivity (Wildman–Crippen MR) is 49.5 cm³/mol. The number of hydrogen-bond acceptors (Lipinski definition) is 0. The van der Waals surface area contributed by atoms with Crippen molar-refractivity contribution in [2.45, 2.75) is 52.1 Å². The average Bonchev–Trinajstić information content (AvgIpc) is 2.00. The quantitative estimate of drug-likeness (QED) is 0.511. The molecule has 0 spiro atoms. The molecule has 0 radical (unpaired) electrons. The molecule has 1 heterocycles. The van der Waals surface area contributed by atoms with E-state index in [1.807, 2.05) is 0 Å². The zero-order valence-electron chi connectivity index (χ0n) is 8.43. The van der Waals surface area contributed by atoms with E-state index in [0.29, 0.717) is 0 Å². The number of likely N-dealkylation sites (tertiary alicyclic amines) is 1. The second kappa shape index (κ2) is 3.14. The van der Waals surface area contributed by atoms with Gasteiger partial charge in [0.25, 0.3) is 0 Å². The maximum Gasteiger partial charge on any atom is 0.0861 e. The van der Waals surface area contributed by atoms with Gasteiger partial charge in [0.1, 0.15) is 0 Å². The minimum Gasteiger partial charge on any atom is -0.322 e. The topological polar surface area (TPSA) is 0 Å². The van der Waals surface area contributed by atoms with Crippen LogP contribution in [-0.2, 0) is 0 Å². The van der Waals surface area contributed by atoms with E-state index >= 15 is 0 Å². The molecule has 1 heteroatoms. The smallest absolute Gasteiger partial charge is 0.0861 e. The Morgan fingerprint density at radius 3 is 1.91 bits per heavy atom. The van der Waals surface area contributed by atoms with Gasteiger partial charge in [-0.2, -0.15) is 0 Å². The molecule has 0 saturated carbocycles. The zero-order chi connectivity index (χ0) is 8.48. The van der Waals surface area contributed by atoms with Gasteiger partial charge in [0.05, 0.1) is 25.7 Å². The van der Waals surface area contributed by atoms with E-state index in [9.17, 15) is 0 Å². The van der Waals surface area contributed by atoms with E-state index in [-0.39, 0.29) is 0 Å². The molecule has 0 aromatic carbocycles. The number of hydrogen-bond donors (Lipinski definition) is 0. The first kappa shape index (κ1) is 9.05. The molecule has 1 aliphatic heterocycles. The van der Waals surface area contributed by atoms with Crippen LogP contribution in [0.25, 0.3) is 0 Å². The largest absolute Gasteiger partial charge is 0.322 e. The summed E-state index contributed by atoms with van der Waals surface area (Å²) in [7, 11) is 2.41. The van der Waals surface area contributed by atoms with Crippen molar-refractivity contribution in [1.82, 2.24) is 0 Å². The third-order valence-electron chi connectivity index (χ3n) is 3.94. The van der Waals surface area contributed by atoms with Gasteiger partial charge in [-0.25, -0.2) is 0 Å². The second-order valence-electron chi connectivity index (χ2n) is 4.29. The van der Waals surface area contributed by atoms with Crippen molar-refractivity contribution in [2.75, 3.05) is 13.6 Å². The minimum atomic E-state index is 0.878. The molecule has 2 atom stereocenters. The van der Waals surface area contributed by atoms with Crippen LogP contribution in [0.2, 0.25) is 0 Å². The first-order valence-corrected chi connectivity index (χ1v) is 4.96. The molecule has 0 aromatic rings. The van der Waals surface area contributed by atoms with Crippen LogP contribution in [0.3, 0.4) is 0 Å². The van der Waals surface area contributed by atoms with Gasteiger partial charge in [-0.15, -0.1) is 0 Å². The van der Waals surface area contributed by atoms with Gasteiger partial charge < -0.3 is 4.48 Å². The lowest BCUT2D eigenvalue weighted by atomic mass is 9.94. The Kier molecular flexibility index (Phi) is 2.58. The Morgan fingerprint density at radius 1 is 1.18 bits per heavy atom. The van der Waals surface area contributed by atoms with E-state index < -0.39 is 0 Å². The predicted octanol–water partition coefficient (Wildman–Crippen LogP) is 2.41. The van der Waals surface area contributed by atoms with Crippen molar-refractivity contribution < 1.29 is 4.48 Å². The fraction of sp³-hybridized carbons (Fsp3) is 1.00. The highest BCUT2D eigenvalue weighted by molar-refractivity contribution is 4.66. The lowest BCUT2D eigenvalue weighted by Gasteiger charge is -2.47. The molecular weight excluding hydrogens is 134 g/mol. The third kappa shape index (κ3) is 1.44. The minimum absolute atomic E-state index is 0.878. The van der Waals surface area contributed by atoms with Crippen LogP contribution in [0.15, 0.2) is 0 Å². The maximum atomic E-state index is 2.41. The molecule has 0 N–H and O–H groups in total. The SMILES string of the molecule is CC[N+]1(C)C(C)CCCC1C. The first-order valence-electron chi connectivity index (χ1n) is 4.96. The molecule has 2 unspecified atom stereocenters. The van der Waals surface area contributed by atoms with E-state index in [1.165, 1.54) is 30.3 Å². The monoisotopic (exact) mass is 156 g/mol. The molecule has 0 aromatic heterocycles. The molecule has 0 amide bonds. The van der Waals surface area contributed by atoms with Crippen molar-refractivity contribution >= 4 is 0 Å². The third-order valence-corrected chi connectivity index (χ3v) is 3.94. The number of rotatable bonds is 1. The van der Waals surface area contributed by atoms with Gasteiger partial charge >= 0.3 is 0 Å². The maximum absolute atomic E-state index is 2.41. The highest BCUT2D eigenvalue weighted by Gasteiger charge is 2.36. The standard InChI is InChI=1S/C10H22N/c1-5-11(4)9(2)7-6-8-10(11)3/h9-10H,5-8H2,1-4H3/q+1. The Balaban J connectivity index is 2.69. The van der Waals surface area contributed by atoms with Gasteiger partial charge in [-0.3, -0.25) is 0 Å². The fourth-order valence-electron chi connectivity index (χ4n) is 2.36. The van der Waals surface area contributed by atoms with Gasteiger partial charge in [-0.1, -0.05) is 0 Å². The molecule has 0 aliphatic carbocycles. The summed E-state index contributed by atoms with van der Waals surface area (Å²) in [6.07, 6.45) is 4.29. The average molecular weight is 156 g/mol. The van der Waals surface area contributed by atoms with Crippen molar-refractivity contribution in [2.24, 2.45) is 0 Å². The molecule has 1 rings (SSSR count). The fourth-order valence-corrected chi connectivity index (χ4v) is 2.36. The van der Waals surface area contributed by atoms with Crippen LogP contribution < -0.4 is 0 Å². The summed E-state index contributed by atoms with van der Waals surface area (Å²) in [4.78, 5) is 0. The van der Waals surface area contributed by atoms with E-state index in [2.05, 4.69) is 27.8 Å². The molecule has 1 nitrogen and oxygen atoms in total. The van der Waals surface area contributed by atoms with E-state index in [0.717, 1.165) is 12.1 Å². The van der Waals surface area contributed by atoms with Crippen LogP contribution >= 0.6 is 0 Å². The lowest BCUT2D eigenvalue weighted by molar-refractivity contribution is -0.956. The summed E-state index contributed by atoms with van der Waals surface area (Å²) in [6.45, 7) is 8.42. The highest BCUT2D eigenvalue weighted by Crippen LogP contribution is 2.28. The second-order valence-corrected chi connectivity index (χ2v) is 4.29. The molecule has 11 heavy (non-hydrogen) atoms. The summed E-state index contributed by atoms with van der Waals surface area (Å²) >= 11 is 0. The number of nitrogens with zero attached hydrogens (tertiary/aromatic N) is 1. The number of piperidine rings is 1. The van der Waals surface area contributed by atoms with Crippen molar-refractivity contribution in [3.8, 4) is 0 Å². The van der Waals surface area contributed by atoms with Gasteiger partial charge in [-0.05, 0) is 40.0 Å². The van der Waals surface area contributed by atoms with Crippen molar-refractivity contribution in [3.05, 3.63) is 0 Å². The first-order chi connectivity index (χ1) is 5.11. The van der Waals surface area contributed by atoms with Crippen LogP contribution in [0, 0.1) is 0 Å². The molecule has 1 fully saturated rings. The molecule has 1 aliphatic rings. The summed E-state index contributed by atoms with van der Waals surface area (Å²) in [5.41, 5.74) is 0. The normalized spacial score (nSPS) is 45.8. The summed E-state index contributed by atoms with van der Waals surface area (Å²) in [5, 5.41) is 0. The van der Waals surface area contributed by atoms with E-state index in [1.54, 1.807) is 0 Å². The van der Waals surface area contributed by atoms with Gasteiger partial charge in [0, 0.05) is 0 Å². The molecular formula is C10H22N+. The van der Waals surface area contributed by atoms with Crippen LogP contribution in [0.4, 0.5) is 0 Å². The van der Waals surface area contributed by atoms with E-state index in [4.69, 9.17) is 0 Å². The highest BCUT2D eigenvalue weighted by atomic mass is 15.4. The molecule has 0 bridgehead atoms. The Labute approximate surface area is 71.0 Å². The van der Waals surface area contributed by atoms with Gasteiger partial charge in [0.2, 0.25) is 0 Å². The summed E-state index contributed by atoms with van der Waals surface area (Å²) in [6, 6.07) is 1.76. The molecule has 1 saturated heterocycles. The Hall–Kier alpha value is -0.0400. The summed E-state index contributed by atoms with van der Waals surface area (Å²) in [5.74, 6) is 0. The summed E-state index contributed by atoms with van der Waals surface area (Å²) < 4.78 is 1.29. The number of quaternary nitrogens is 1. The lowest BCUT2D eigenvalue weighted by Crippen LogP contribution is -2.58. The van der Waals surface area contributed by atoms with Crippen molar-refractivity contribution in [1.29, 1.82) is 0 Å².